The maximum atomic E-state index is 14.1. The van der Waals surface area contributed by atoms with Gasteiger partial charge in [-0.25, -0.2) is 18.5 Å². The van der Waals surface area contributed by atoms with Gasteiger partial charge in [0.1, 0.15) is 10.0 Å². The van der Waals surface area contributed by atoms with E-state index in [1.165, 1.54) is 13.8 Å². The predicted molar refractivity (Wildman–Crippen MR) is 110 cm³/mol. The number of nitrogens with two attached hydrogens (primary N) is 1. The molecule has 4 N–H and O–H groups in total. The van der Waals surface area contributed by atoms with Gasteiger partial charge in [-0.05, 0) is 63.5 Å². The van der Waals surface area contributed by atoms with Gasteiger partial charge in [-0.2, -0.15) is 0 Å². The highest BCUT2D eigenvalue weighted by Gasteiger charge is 2.28. The third-order valence-electron chi connectivity index (χ3n) is 5.21. The summed E-state index contributed by atoms with van der Waals surface area (Å²) >= 11 is 0.753. The molecule has 0 saturated carbocycles. The summed E-state index contributed by atoms with van der Waals surface area (Å²) in [5.74, 6) is -0.726. The molecule has 2 heterocycles. The number of carbonyl (C=O) groups excluding carboxylic acids is 1. The van der Waals surface area contributed by atoms with E-state index in [9.17, 15) is 18.5 Å². The fourth-order valence-corrected chi connectivity index (χ4v) is 6.21. The molecular formula is C19H23FN4O3S2. The summed E-state index contributed by atoms with van der Waals surface area (Å²) in [5, 5.41) is 18.6. The highest BCUT2D eigenvalue weighted by molar-refractivity contribution is 7.93. The Kier molecular flexibility index (Phi) is 5.01. The smallest absolute Gasteiger partial charge is 0.354 e. The molecule has 4 rings (SSSR count). The molecule has 29 heavy (non-hydrogen) atoms. The predicted octanol–water partition coefficient (Wildman–Crippen LogP) is 3.42. The number of thiophene rings is 1. The summed E-state index contributed by atoms with van der Waals surface area (Å²) in [6.07, 6.45) is 5.37. The van der Waals surface area contributed by atoms with Crippen LogP contribution >= 0.6 is 11.3 Å². The maximum Gasteiger partial charge on any atom is 0.354 e. The highest BCUT2D eigenvalue weighted by atomic mass is 32.2. The number of anilines is 1. The van der Waals surface area contributed by atoms with Crippen molar-refractivity contribution < 1.29 is 18.5 Å². The van der Waals surface area contributed by atoms with Crippen LogP contribution in [-0.4, -0.2) is 20.3 Å². The molecule has 0 fully saturated rings. The SMILES string of the molecule is CC(C)(O)c1sc([S@@](N)(=O)=NC(=O)Nc2c3c(nc4c2CCC4)CCC3)cc1F. The first-order chi connectivity index (χ1) is 13.6. The summed E-state index contributed by atoms with van der Waals surface area (Å²) in [7, 11) is -3.65. The summed E-state index contributed by atoms with van der Waals surface area (Å²) in [4.78, 5) is 17.3. The number of aryl methyl sites for hydroxylation is 2. The average Bonchev–Trinajstić information content (AvgIpc) is 3.31. The molecular weight excluding hydrogens is 415 g/mol. The molecule has 0 unspecified atom stereocenters. The lowest BCUT2D eigenvalue weighted by Crippen LogP contribution is -2.18. The van der Waals surface area contributed by atoms with E-state index in [2.05, 4.69) is 9.68 Å². The number of carbonyl (C=O) groups is 1. The Labute approximate surface area is 172 Å². The number of amides is 2. The van der Waals surface area contributed by atoms with Gasteiger partial charge < -0.3 is 10.4 Å². The van der Waals surface area contributed by atoms with Gasteiger partial charge in [0.05, 0.1) is 16.2 Å². The molecule has 2 aliphatic carbocycles. The Bertz CT molecular complexity index is 1100. The van der Waals surface area contributed by atoms with Crippen LogP contribution in [-0.2, 0) is 41.2 Å². The number of pyridine rings is 1. The Balaban J connectivity index is 1.67. The second-order valence-electron chi connectivity index (χ2n) is 7.94. The molecule has 0 aromatic carbocycles. The van der Waals surface area contributed by atoms with E-state index in [1.54, 1.807) is 0 Å². The number of nitrogens with one attached hydrogen (secondary N) is 1. The lowest BCUT2D eigenvalue weighted by Gasteiger charge is -2.14. The Morgan fingerprint density at radius 2 is 1.86 bits per heavy atom. The minimum absolute atomic E-state index is 0.00828. The van der Waals surface area contributed by atoms with Crippen molar-refractivity contribution in [1.82, 2.24) is 4.98 Å². The van der Waals surface area contributed by atoms with Crippen LogP contribution in [0.2, 0.25) is 0 Å². The zero-order valence-electron chi connectivity index (χ0n) is 16.2. The van der Waals surface area contributed by atoms with Gasteiger partial charge in [0.15, 0.2) is 9.92 Å². The average molecular weight is 439 g/mol. The van der Waals surface area contributed by atoms with Crippen molar-refractivity contribution in [2.45, 2.75) is 62.2 Å². The number of urea groups is 1. The summed E-state index contributed by atoms with van der Waals surface area (Å²) < 4.78 is 30.6. The van der Waals surface area contributed by atoms with E-state index in [-0.39, 0.29) is 9.09 Å². The van der Waals surface area contributed by atoms with Crippen LogP contribution in [0.1, 0.15) is 54.1 Å². The molecule has 0 saturated heterocycles. The number of hydrogen-bond acceptors (Lipinski definition) is 5. The fraction of sp³-hybridized carbons (Fsp3) is 0.474. The first kappa shape index (κ1) is 20.4. The van der Waals surface area contributed by atoms with Gasteiger partial charge in [-0.1, -0.05) is 0 Å². The Hall–Kier alpha value is -1.88. The molecule has 2 amide bonds. The van der Waals surface area contributed by atoms with Crippen molar-refractivity contribution in [3.63, 3.8) is 0 Å². The molecule has 1 atom stereocenters. The minimum atomic E-state index is -3.65. The first-order valence-electron chi connectivity index (χ1n) is 9.48. The monoisotopic (exact) mass is 438 g/mol. The lowest BCUT2D eigenvalue weighted by atomic mass is 10.1. The molecule has 156 valence electrons. The normalized spacial score (nSPS) is 17.6. The van der Waals surface area contributed by atoms with Crippen molar-refractivity contribution in [3.8, 4) is 0 Å². The topological polar surface area (TPSA) is 118 Å². The van der Waals surface area contributed by atoms with Crippen LogP contribution < -0.4 is 10.5 Å². The molecule has 7 nitrogen and oxygen atoms in total. The molecule has 0 spiro atoms. The van der Waals surface area contributed by atoms with Gasteiger partial charge in [0.2, 0.25) is 0 Å². The van der Waals surface area contributed by atoms with Crippen molar-refractivity contribution in [3.05, 3.63) is 39.3 Å². The van der Waals surface area contributed by atoms with Crippen LogP contribution in [0.5, 0.6) is 0 Å². The van der Waals surface area contributed by atoms with Crippen LogP contribution in [0.25, 0.3) is 0 Å². The van der Waals surface area contributed by atoms with Gasteiger partial charge in [-0.3, -0.25) is 4.98 Å². The molecule has 0 aliphatic heterocycles. The number of aromatic nitrogens is 1. The van der Waals surface area contributed by atoms with Crippen LogP contribution in [0, 0.1) is 5.82 Å². The maximum absolute atomic E-state index is 14.1. The molecule has 0 radical (unpaired) electrons. The molecule has 0 bridgehead atoms. The largest absolute Gasteiger partial charge is 0.385 e. The molecule has 2 aromatic heterocycles. The van der Waals surface area contributed by atoms with E-state index in [1.807, 2.05) is 0 Å². The number of rotatable bonds is 3. The number of nitrogens with zero attached hydrogens (tertiary/aromatic N) is 2. The summed E-state index contributed by atoms with van der Waals surface area (Å²) in [6.45, 7) is 2.83. The van der Waals surface area contributed by atoms with Crippen LogP contribution in [0.3, 0.4) is 0 Å². The van der Waals surface area contributed by atoms with Gasteiger partial charge in [0.25, 0.3) is 0 Å². The van der Waals surface area contributed by atoms with Gasteiger partial charge in [-0.15, -0.1) is 15.7 Å². The van der Waals surface area contributed by atoms with Crippen molar-refractivity contribution in [2.75, 3.05) is 5.32 Å². The number of hydrogen-bond donors (Lipinski definition) is 3. The lowest BCUT2D eigenvalue weighted by molar-refractivity contribution is 0.0789. The van der Waals surface area contributed by atoms with Gasteiger partial charge in [0, 0.05) is 17.5 Å². The van der Waals surface area contributed by atoms with Crippen LogP contribution in [0.15, 0.2) is 14.6 Å². The zero-order valence-corrected chi connectivity index (χ0v) is 17.9. The van der Waals surface area contributed by atoms with Gasteiger partial charge >= 0.3 is 6.03 Å². The number of halogens is 1. The van der Waals surface area contributed by atoms with Crippen molar-refractivity contribution >= 4 is 33.0 Å². The molecule has 10 heteroatoms. The minimum Gasteiger partial charge on any atom is -0.385 e. The third-order valence-corrected chi connectivity index (χ3v) is 8.52. The van der Waals surface area contributed by atoms with Crippen molar-refractivity contribution in [1.29, 1.82) is 0 Å². The molecule has 2 aliphatic rings. The van der Waals surface area contributed by atoms with E-state index in [0.29, 0.717) is 0 Å². The first-order valence-corrected chi connectivity index (χ1v) is 11.9. The number of fused-ring (bicyclic) bond motifs is 2. The van der Waals surface area contributed by atoms with E-state index in [0.717, 1.165) is 84.1 Å². The summed E-state index contributed by atoms with van der Waals surface area (Å²) in [5.41, 5.74) is 3.31. The fourth-order valence-electron chi connectivity index (χ4n) is 3.94. The quantitative estimate of drug-likeness (QED) is 0.680. The van der Waals surface area contributed by atoms with E-state index in [4.69, 9.17) is 10.1 Å². The Morgan fingerprint density at radius 3 is 2.38 bits per heavy atom. The highest BCUT2D eigenvalue weighted by Crippen LogP contribution is 2.37. The number of aliphatic hydroxyl groups is 1. The zero-order chi connectivity index (χ0) is 21.0. The molecule has 2 aromatic rings. The standard InChI is InChI=1S/C19H23FN4O3S2/c1-19(2,26)17-12(20)9-15(28-17)29(21,27)24-18(25)23-16-10-5-3-7-13(10)22-14-8-4-6-11(14)16/h9,26H,3-8H2,1-2H3,(H3,21,22,23,24,25,27)/t29-/m0/s1. The second kappa shape index (κ2) is 7.12. The van der Waals surface area contributed by atoms with E-state index >= 15 is 0 Å². The third kappa shape index (κ3) is 3.81. The summed E-state index contributed by atoms with van der Waals surface area (Å²) in [6, 6.07) is 0.143. The Morgan fingerprint density at radius 1 is 1.28 bits per heavy atom. The second-order valence-corrected chi connectivity index (χ2v) is 11.0. The van der Waals surface area contributed by atoms with Crippen LogP contribution in [0.4, 0.5) is 14.9 Å². The van der Waals surface area contributed by atoms with E-state index < -0.39 is 27.4 Å². The van der Waals surface area contributed by atoms with Crippen molar-refractivity contribution in [2.24, 2.45) is 9.50 Å².